The van der Waals surface area contributed by atoms with Gasteiger partial charge < -0.3 is 25.1 Å². The number of ether oxygens (including phenoxy) is 2. The number of likely N-dealkylation sites (tertiary alicyclic amines) is 1. The number of benzene rings is 3. The zero-order chi connectivity index (χ0) is 33.5. The van der Waals surface area contributed by atoms with Crippen molar-refractivity contribution >= 4 is 38.2 Å². The lowest BCUT2D eigenvalue weighted by Gasteiger charge is -2.34. The van der Waals surface area contributed by atoms with Crippen LogP contribution in [-0.2, 0) is 10.0 Å². The number of ketones is 1. The van der Waals surface area contributed by atoms with Crippen molar-refractivity contribution in [3.8, 4) is 22.9 Å². The second-order valence-corrected chi connectivity index (χ2v) is 13.9. The summed E-state index contributed by atoms with van der Waals surface area (Å²) in [7, 11) is -3.61. The van der Waals surface area contributed by atoms with Crippen LogP contribution in [0, 0.1) is 12.7 Å². The molecule has 1 saturated heterocycles. The third-order valence-electron chi connectivity index (χ3n) is 8.27. The highest BCUT2D eigenvalue weighted by atomic mass is 32.2. The highest BCUT2D eigenvalue weighted by Crippen LogP contribution is 2.35. The first-order valence-corrected chi connectivity index (χ1v) is 17.2. The molecule has 47 heavy (non-hydrogen) atoms. The van der Waals surface area contributed by atoms with Crippen molar-refractivity contribution in [2.24, 2.45) is 0 Å². The van der Waals surface area contributed by atoms with Gasteiger partial charge in [0.1, 0.15) is 23.4 Å². The van der Waals surface area contributed by atoms with E-state index in [1.54, 1.807) is 54.6 Å². The number of nitrogens with two attached hydrogens (primary N) is 1. The molecule has 3 heterocycles. The molecule has 0 aliphatic carbocycles. The van der Waals surface area contributed by atoms with Gasteiger partial charge in [-0.15, -0.1) is 0 Å². The van der Waals surface area contributed by atoms with Gasteiger partial charge in [-0.2, -0.15) is 5.10 Å². The Bertz CT molecular complexity index is 2060. The van der Waals surface area contributed by atoms with Crippen LogP contribution in [0.1, 0.15) is 48.3 Å². The summed E-state index contributed by atoms with van der Waals surface area (Å²) in [6, 6.07) is 16.8. The number of para-hydroxylation sites is 1. The molecule has 246 valence electrons. The van der Waals surface area contributed by atoms with Crippen LogP contribution in [0.25, 0.3) is 16.6 Å². The molecule has 0 spiro atoms. The third kappa shape index (κ3) is 6.96. The largest absolute Gasteiger partial charge is 0.488 e. The lowest BCUT2D eigenvalue weighted by atomic mass is 10.1. The Morgan fingerprint density at radius 1 is 1.06 bits per heavy atom. The summed E-state index contributed by atoms with van der Waals surface area (Å²) < 4.78 is 54.6. The number of fused-ring (bicyclic) bond motifs is 1. The molecule has 1 aliphatic heterocycles. The summed E-state index contributed by atoms with van der Waals surface area (Å²) >= 11 is 0. The molecule has 0 saturated carbocycles. The van der Waals surface area contributed by atoms with Crippen molar-refractivity contribution in [1.82, 2.24) is 19.7 Å². The van der Waals surface area contributed by atoms with Gasteiger partial charge in [0, 0.05) is 30.0 Å². The maximum absolute atomic E-state index is 14.1. The number of nitrogen functional groups attached to an aromatic ring is 1. The van der Waals surface area contributed by atoms with E-state index >= 15 is 0 Å². The number of sulfonamides is 1. The molecule has 0 unspecified atom stereocenters. The number of nitrogens with zero attached hydrogens (tertiary/aromatic N) is 3. The van der Waals surface area contributed by atoms with Crippen LogP contribution in [0.4, 0.5) is 15.9 Å². The van der Waals surface area contributed by atoms with Gasteiger partial charge in [0.15, 0.2) is 11.6 Å². The molecule has 0 bridgehead atoms. The van der Waals surface area contributed by atoms with Crippen LogP contribution in [0.2, 0.25) is 0 Å². The highest BCUT2D eigenvalue weighted by molar-refractivity contribution is 7.92. The van der Waals surface area contributed by atoms with Crippen molar-refractivity contribution in [2.75, 3.05) is 29.8 Å². The molecule has 13 heteroatoms. The van der Waals surface area contributed by atoms with Crippen LogP contribution < -0.4 is 19.9 Å². The van der Waals surface area contributed by atoms with Crippen molar-refractivity contribution in [1.29, 1.82) is 0 Å². The summed E-state index contributed by atoms with van der Waals surface area (Å²) in [6.07, 6.45) is 4.04. The minimum atomic E-state index is -3.61. The summed E-state index contributed by atoms with van der Waals surface area (Å²) in [5.74, 6) is 0.246. The normalized spacial score (nSPS) is 14.5. The smallest absolute Gasteiger partial charge is 0.229 e. The average Bonchev–Trinajstić information content (AvgIpc) is 3.61. The van der Waals surface area contributed by atoms with E-state index < -0.39 is 15.8 Å². The molecule has 1 aliphatic rings. The summed E-state index contributed by atoms with van der Waals surface area (Å²) in [4.78, 5) is 19.2. The molecule has 0 amide bonds. The van der Waals surface area contributed by atoms with E-state index in [-0.39, 0.29) is 40.4 Å². The van der Waals surface area contributed by atoms with Gasteiger partial charge in [0.25, 0.3) is 0 Å². The molecule has 0 atom stereocenters. The summed E-state index contributed by atoms with van der Waals surface area (Å²) in [5.41, 5.74) is 9.02. The Morgan fingerprint density at radius 2 is 1.81 bits per heavy atom. The van der Waals surface area contributed by atoms with Crippen molar-refractivity contribution < 1.29 is 27.1 Å². The number of hydrogen-bond donors (Lipinski definition) is 3. The number of carbonyl (C=O) groups excluding carboxylic acids is 1. The Labute approximate surface area is 272 Å². The maximum atomic E-state index is 14.1. The van der Waals surface area contributed by atoms with Crippen LogP contribution in [0.15, 0.2) is 66.9 Å². The number of hydrogen-bond acceptors (Lipinski definition) is 8. The van der Waals surface area contributed by atoms with Crippen LogP contribution in [0.5, 0.6) is 17.2 Å². The average molecular weight is 661 g/mol. The van der Waals surface area contributed by atoms with E-state index in [0.717, 1.165) is 32.2 Å². The first-order chi connectivity index (χ1) is 22.4. The summed E-state index contributed by atoms with van der Waals surface area (Å²) in [6.45, 7) is 7.93. The van der Waals surface area contributed by atoms with Crippen LogP contribution in [-0.4, -0.2) is 65.4 Å². The van der Waals surface area contributed by atoms with Gasteiger partial charge in [0.05, 0.1) is 35.1 Å². The van der Waals surface area contributed by atoms with Gasteiger partial charge in [-0.25, -0.2) is 17.5 Å². The molecule has 0 radical (unpaired) electrons. The summed E-state index contributed by atoms with van der Waals surface area (Å²) in [5, 5.41) is 5.04. The van der Waals surface area contributed by atoms with E-state index in [1.165, 1.54) is 16.9 Å². The second-order valence-electron chi connectivity index (χ2n) is 12.1. The van der Waals surface area contributed by atoms with Crippen LogP contribution >= 0.6 is 0 Å². The fourth-order valence-electron chi connectivity index (χ4n) is 5.76. The molecule has 4 N–H and O–H groups in total. The number of aromatic nitrogens is 3. The standard InChI is InChI=1S/C34H37FN6O5S/c1-20(2)40-13-11-24(12-14-40)45-32-17-22-16-29(38-27(22)18-28(32)39-47(4,43)44)33(42)25-19-37-41(34(25)36)23-9-10-30(21(3)15-23)46-31-8-6-5-7-26(31)35/h5-10,15-20,24,38-39H,11-14,36H2,1-4H3. The lowest BCUT2D eigenvalue weighted by Crippen LogP contribution is -2.41. The number of aryl methyl sites for hydroxylation is 1. The third-order valence-corrected chi connectivity index (χ3v) is 8.86. The number of piperidine rings is 1. The van der Waals surface area contributed by atoms with E-state index in [4.69, 9.17) is 15.2 Å². The van der Waals surface area contributed by atoms with E-state index in [0.29, 0.717) is 39.7 Å². The van der Waals surface area contributed by atoms with E-state index in [1.807, 2.05) is 6.92 Å². The van der Waals surface area contributed by atoms with Crippen molar-refractivity contribution in [3.05, 3.63) is 89.5 Å². The number of nitrogens with one attached hydrogen (secondary N) is 2. The quantitative estimate of drug-likeness (QED) is 0.154. The zero-order valence-electron chi connectivity index (χ0n) is 26.6. The topological polar surface area (TPSA) is 145 Å². The minimum absolute atomic E-state index is 0.0722. The Balaban J connectivity index is 1.25. The Morgan fingerprint density at radius 3 is 2.49 bits per heavy atom. The number of rotatable bonds is 10. The molecule has 6 rings (SSSR count). The monoisotopic (exact) mass is 660 g/mol. The molecule has 5 aromatic rings. The number of halogens is 1. The molecule has 2 aromatic heterocycles. The number of anilines is 2. The van der Waals surface area contributed by atoms with Gasteiger partial charge in [-0.05, 0) is 87.7 Å². The first-order valence-electron chi connectivity index (χ1n) is 15.3. The fraction of sp³-hybridized carbons (Fsp3) is 0.294. The van der Waals surface area contributed by atoms with Crippen molar-refractivity contribution in [2.45, 2.75) is 45.8 Å². The Hall–Kier alpha value is -4.88. The number of aromatic amines is 1. The van der Waals surface area contributed by atoms with Gasteiger partial charge in [-0.3, -0.25) is 9.52 Å². The molecular formula is C34H37FN6O5S. The highest BCUT2D eigenvalue weighted by Gasteiger charge is 2.25. The number of H-pyrrole nitrogens is 1. The van der Waals surface area contributed by atoms with Gasteiger partial charge >= 0.3 is 0 Å². The second kappa shape index (κ2) is 12.7. The van der Waals surface area contributed by atoms with Gasteiger partial charge in [-0.1, -0.05) is 12.1 Å². The van der Waals surface area contributed by atoms with Crippen molar-refractivity contribution in [3.63, 3.8) is 0 Å². The lowest BCUT2D eigenvalue weighted by molar-refractivity contribution is 0.0849. The zero-order valence-corrected chi connectivity index (χ0v) is 27.4. The van der Waals surface area contributed by atoms with Gasteiger partial charge in [0.2, 0.25) is 15.8 Å². The minimum Gasteiger partial charge on any atom is -0.488 e. The molecule has 1 fully saturated rings. The molecule has 3 aromatic carbocycles. The predicted molar refractivity (Wildman–Crippen MR) is 180 cm³/mol. The maximum Gasteiger partial charge on any atom is 0.229 e. The molecule has 11 nitrogen and oxygen atoms in total. The van der Waals surface area contributed by atoms with E-state index in [9.17, 15) is 17.6 Å². The van der Waals surface area contributed by atoms with E-state index in [2.05, 4.69) is 33.6 Å². The fourth-order valence-corrected chi connectivity index (χ4v) is 6.32. The first kappa shape index (κ1) is 32.1. The molecular weight excluding hydrogens is 623 g/mol. The van der Waals surface area contributed by atoms with Crippen LogP contribution in [0.3, 0.4) is 0 Å². The predicted octanol–water partition coefficient (Wildman–Crippen LogP) is 6.03. The SMILES string of the molecule is Cc1cc(-n2ncc(C(=O)c3cc4cc(OC5CCN(C(C)C)CC5)c(NS(C)(=O)=O)cc4[nH]3)c2N)ccc1Oc1ccccc1F. The Kier molecular flexibility index (Phi) is 8.68. The number of carbonyl (C=O) groups is 1.